The molecule has 0 aliphatic carbocycles. The molecule has 0 atom stereocenters. The van der Waals surface area contributed by atoms with E-state index < -0.39 is 0 Å². The van der Waals surface area contributed by atoms with E-state index in [1.165, 1.54) is 0 Å². The summed E-state index contributed by atoms with van der Waals surface area (Å²) >= 11 is 3.14. The fourth-order valence-electron chi connectivity index (χ4n) is 1.57. The fourth-order valence-corrected chi connectivity index (χ4v) is 2.87. The SMILES string of the molecule is CSc1ccccc1C(=O)NCc1nc(C)cs1. The first kappa shape index (κ1) is 13.1. The number of nitrogens with zero attached hydrogens (tertiary/aromatic N) is 1. The topological polar surface area (TPSA) is 42.0 Å². The van der Waals surface area contributed by atoms with Gasteiger partial charge in [-0.05, 0) is 25.3 Å². The first-order chi connectivity index (χ1) is 8.70. The Balaban J connectivity index is 2.03. The lowest BCUT2D eigenvalue weighted by molar-refractivity contribution is 0.0948. The molecule has 0 saturated heterocycles. The van der Waals surface area contributed by atoms with Crippen molar-refractivity contribution in [3.63, 3.8) is 0 Å². The lowest BCUT2D eigenvalue weighted by atomic mass is 10.2. The minimum Gasteiger partial charge on any atom is -0.345 e. The largest absolute Gasteiger partial charge is 0.345 e. The van der Waals surface area contributed by atoms with Crippen LogP contribution in [0.4, 0.5) is 0 Å². The average molecular weight is 278 g/mol. The number of thioether (sulfide) groups is 1. The van der Waals surface area contributed by atoms with Crippen LogP contribution in [0.25, 0.3) is 0 Å². The lowest BCUT2D eigenvalue weighted by Gasteiger charge is -2.07. The summed E-state index contributed by atoms with van der Waals surface area (Å²) in [5.41, 5.74) is 1.71. The third-order valence-corrected chi connectivity index (χ3v) is 4.18. The van der Waals surface area contributed by atoms with E-state index in [0.717, 1.165) is 21.2 Å². The average Bonchev–Trinajstić information content (AvgIpc) is 2.81. The zero-order valence-electron chi connectivity index (χ0n) is 10.3. The number of aryl methyl sites for hydroxylation is 1. The van der Waals surface area contributed by atoms with Crippen LogP contribution >= 0.6 is 23.1 Å². The van der Waals surface area contributed by atoms with Crippen molar-refractivity contribution in [2.75, 3.05) is 6.26 Å². The number of nitrogens with one attached hydrogen (secondary N) is 1. The van der Waals surface area contributed by atoms with Gasteiger partial charge in [0, 0.05) is 16.0 Å². The Morgan fingerprint density at radius 2 is 2.22 bits per heavy atom. The number of hydrogen-bond acceptors (Lipinski definition) is 4. The van der Waals surface area contributed by atoms with Crippen molar-refractivity contribution in [1.82, 2.24) is 10.3 Å². The van der Waals surface area contributed by atoms with E-state index in [1.54, 1.807) is 23.1 Å². The van der Waals surface area contributed by atoms with Crippen molar-refractivity contribution in [3.05, 3.63) is 45.9 Å². The van der Waals surface area contributed by atoms with Crippen LogP contribution in [0.15, 0.2) is 34.5 Å². The summed E-state index contributed by atoms with van der Waals surface area (Å²) in [6.45, 7) is 2.44. The van der Waals surface area contributed by atoms with Gasteiger partial charge in [0.2, 0.25) is 0 Å². The van der Waals surface area contributed by atoms with E-state index in [-0.39, 0.29) is 5.91 Å². The normalized spacial score (nSPS) is 10.3. The highest BCUT2D eigenvalue weighted by atomic mass is 32.2. The van der Waals surface area contributed by atoms with Gasteiger partial charge in [0.25, 0.3) is 5.91 Å². The molecule has 0 bridgehead atoms. The van der Waals surface area contributed by atoms with Gasteiger partial charge in [-0.15, -0.1) is 23.1 Å². The number of rotatable bonds is 4. The van der Waals surface area contributed by atoms with Crippen molar-refractivity contribution in [1.29, 1.82) is 0 Å². The molecule has 0 aliphatic rings. The molecule has 94 valence electrons. The van der Waals surface area contributed by atoms with Crippen LogP contribution < -0.4 is 5.32 Å². The van der Waals surface area contributed by atoms with E-state index in [2.05, 4.69) is 10.3 Å². The molecule has 3 nitrogen and oxygen atoms in total. The van der Waals surface area contributed by atoms with Crippen molar-refractivity contribution < 1.29 is 4.79 Å². The predicted molar refractivity (Wildman–Crippen MR) is 76.2 cm³/mol. The van der Waals surface area contributed by atoms with Gasteiger partial charge >= 0.3 is 0 Å². The van der Waals surface area contributed by atoms with E-state index in [9.17, 15) is 4.79 Å². The highest BCUT2D eigenvalue weighted by Gasteiger charge is 2.10. The summed E-state index contributed by atoms with van der Waals surface area (Å²) in [4.78, 5) is 17.4. The zero-order chi connectivity index (χ0) is 13.0. The zero-order valence-corrected chi connectivity index (χ0v) is 11.9. The molecule has 5 heteroatoms. The third kappa shape index (κ3) is 3.11. The minimum absolute atomic E-state index is 0.0483. The molecule has 0 unspecified atom stereocenters. The number of amides is 1. The highest BCUT2D eigenvalue weighted by molar-refractivity contribution is 7.98. The Morgan fingerprint density at radius 3 is 2.89 bits per heavy atom. The van der Waals surface area contributed by atoms with E-state index in [4.69, 9.17) is 0 Å². The Labute approximate surface area is 115 Å². The van der Waals surface area contributed by atoms with Crippen LogP contribution in [0.3, 0.4) is 0 Å². The second-order valence-corrected chi connectivity index (χ2v) is 5.56. The van der Waals surface area contributed by atoms with Gasteiger partial charge in [-0.1, -0.05) is 12.1 Å². The molecule has 0 aliphatic heterocycles. The molecule has 2 rings (SSSR count). The van der Waals surface area contributed by atoms with Crippen LogP contribution in [0.5, 0.6) is 0 Å². The van der Waals surface area contributed by atoms with Gasteiger partial charge in [-0.3, -0.25) is 4.79 Å². The van der Waals surface area contributed by atoms with Gasteiger partial charge in [0.15, 0.2) is 0 Å². The maximum atomic E-state index is 12.1. The number of benzene rings is 1. The molecule has 0 spiro atoms. The van der Waals surface area contributed by atoms with Gasteiger partial charge in [0.05, 0.1) is 12.1 Å². The summed E-state index contributed by atoms with van der Waals surface area (Å²) in [5, 5.41) is 5.82. The van der Waals surface area contributed by atoms with Gasteiger partial charge < -0.3 is 5.32 Å². The summed E-state index contributed by atoms with van der Waals surface area (Å²) in [6, 6.07) is 7.61. The summed E-state index contributed by atoms with van der Waals surface area (Å²) in [6.07, 6.45) is 1.97. The van der Waals surface area contributed by atoms with Gasteiger partial charge in [-0.2, -0.15) is 0 Å². The fraction of sp³-hybridized carbons (Fsp3) is 0.231. The third-order valence-electron chi connectivity index (χ3n) is 2.42. The van der Waals surface area contributed by atoms with Crippen LogP contribution in [0.1, 0.15) is 21.1 Å². The molecule has 0 saturated carbocycles. The second-order valence-electron chi connectivity index (χ2n) is 3.77. The first-order valence-electron chi connectivity index (χ1n) is 5.53. The molecular formula is C13H14N2OS2. The summed E-state index contributed by atoms with van der Waals surface area (Å²) in [5.74, 6) is -0.0483. The number of aromatic nitrogens is 1. The Hall–Kier alpha value is -1.33. The number of carbonyl (C=O) groups is 1. The standard InChI is InChI=1S/C13H14N2OS2/c1-9-8-18-12(15-9)7-14-13(16)10-5-3-4-6-11(10)17-2/h3-6,8H,7H2,1-2H3,(H,14,16). The second kappa shape index (κ2) is 6.02. The quantitative estimate of drug-likeness (QED) is 0.874. The van der Waals surface area contributed by atoms with E-state index in [0.29, 0.717) is 6.54 Å². The molecular weight excluding hydrogens is 264 g/mol. The smallest absolute Gasteiger partial charge is 0.252 e. The molecule has 1 N–H and O–H groups in total. The number of hydrogen-bond donors (Lipinski definition) is 1. The van der Waals surface area contributed by atoms with Crippen LogP contribution in [0.2, 0.25) is 0 Å². The Bertz CT molecular complexity index is 551. The highest BCUT2D eigenvalue weighted by Crippen LogP contribution is 2.19. The monoisotopic (exact) mass is 278 g/mol. The number of thiazole rings is 1. The molecule has 0 fully saturated rings. The van der Waals surface area contributed by atoms with E-state index >= 15 is 0 Å². The van der Waals surface area contributed by atoms with Gasteiger partial charge in [-0.25, -0.2) is 4.98 Å². The van der Waals surface area contributed by atoms with Crippen LogP contribution in [0, 0.1) is 6.92 Å². The molecule has 1 aromatic carbocycles. The van der Waals surface area contributed by atoms with Gasteiger partial charge in [0.1, 0.15) is 5.01 Å². The maximum absolute atomic E-state index is 12.1. The molecule has 0 radical (unpaired) electrons. The van der Waals surface area contributed by atoms with Crippen molar-refractivity contribution in [3.8, 4) is 0 Å². The lowest BCUT2D eigenvalue weighted by Crippen LogP contribution is -2.23. The molecule has 1 aromatic heterocycles. The molecule has 1 heterocycles. The van der Waals surface area contributed by atoms with Crippen LogP contribution in [-0.2, 0) is 6.54 Å². The summed E-state index contributed by atoms with van der Waals surface area (Å²) < 4.78 is 0. The molecule has 2 aromatic rings. The molecule has 1 amide bonds. The Kier molecular flexibility index (Phi) is 4.38. The van der Waals surface area contributed by atoms with Crippen molar-refractivity contribution >= 4 is 29.0 Å². The maximum Gasteiger partial charge on any atom is 0.252 e. The predicted octanol–water partition coefficient (Wildman–Crippen LogP) is 3.10. The van der Waals surface area contributed by atoms with E-state index in [1.807, 2.05) is 42.8 Å². The molecule has 18 heavy (non-hydrogen) atoms. The van der Waals surface area contributed by atoms with Crippen molar-refractivity contribution in [2.45, 2.75) is 18.4 Å². The van der Waals surface area contributed by atoms with Crippen LogP contribution in [-0.4, -0.2) is 17.1 Å². The first-order valence-corrected chi connectivity index (χ1v) is 7.63. The number of carbonyl (C=O) groups excluding carboxylic acids is 1. The van der Waals surface area contributed by atoms with Crippen molar-refractivity contribution in [2.24, 2.45) is 0 Å². The minimum atomic E-state index is -0.0483. The Morgan fingerprint density at radius 1 is 1.44 bits per heavy atom. The summed E-state index contributed by atoms with van der Waals surface area (Å²) in [7, 11) is 0.